The van der Waals surface area contributed by atoms with Gasteiger partial charge in [-0.3, -0.25) is 14.6 Å². The first-order valence-corrected chi connectivity index (χ1v) is 7.06. The van der Waals surface area contributed by atoms with Crippen LogP contribution < -0.4 is 0 Å². The molecule has 5 heteroatoms. The molecular weight excluding hydrogens is 252 g/mol. The zero-order chi connectivity index (χ0) is 13.8. The number of hydrogen-bond donors (Lipinski definition) is 0. The quantitative estimate of drug-likeness (QED) is 0.850. The Morgan fingerprint density at radius 2 is 2.35 bits per heavy atom. The Labute approximate surface area is 119 Å². The third-order valence-corrected chi connectivity index (χ3v) is 3.83. The van der Waals surface area contributed by atoms with Crippen LogP contribution in [0, 0.1) is 0 Å². The number of ether oxygens (including phenoxy) is 1. The zero-order valence-corrected chi connectivity index (χ0v) is 11.7. The molecule has 1 saturated heterocycles. The largest absolute Gasteiger partial charge is 0.374 e. The Balaban J connectivity index is 1.63. The van der Waals surface area contributed by atoms with Crippen LogP contribution in [-0.2, 0) is 11.3 Å². The molecule has 1 aliphatic rings. The van der Waals surface area contributed by atoms with E-state index in [1.54, 1.807) is 6.20 Å². The summed E-state index contributed by atoms with van der Waals surface area (Å²) in [5, 5.41) is 4.25. The van der Waals surface area contributed by atoms with E-state index < -0.39 is 0 Å². The second-order valence-corrected chi connectivity index (χ2v) is 5.18. The van der Waals surface area contributed by atoms with E-state index in [4.69, 9.17) is 4.74 Å². The summed E-state index contributed by atoms with van der Waals surface area (Å²) in [7, 11) is 0. The van der Waals surface area contributed by atoms with E-state index in [0.717, 1.165) is 26.2 Å². The number of pyridine rings is 1. The Morgan fingerprint density at radius 3 is 3.10 bits per heavy atom. The summed E-state index contributed by atoms with van der Waals surface area (Å²) < 4.78 is 7.78. The maximum atomic E-state index is 5.85. The second-order valence-electron chi connectivity index (χ2n) is 5.18. The van der Waals surface area contributed by atoms with E-state index in [2.05, 4.69) is 28.0 Å². The summed E-state index contributed by atoms with van der Waals surface area (Å²) in [6.07, 6.45) is 7.74. The first-order valence-electron chi connectivity index (χ1n) is 7.06. The van der Waals surface area contributed by atoms with Gasteiger partial charge in [0.2, 0.25) is 0 Å². The Bertz CT molecular complexity index is 514. The van der Waals surface area contributed by atoms with Crippen molar-refractivity contribution in [1.29, 1.82) is 0 Å². The maximum absolute atomic E-state index is 5.85. The van der Waals surface area contributed by atoms with E-state index in [9.17, 15) is 0 Å². The number of morpholine rings is 1. The van der Waals surface area contributed by atoms with E-state index in [1.807, 2.05) is 35.4 Å². The van der Waals surface area contributed by atoms with Gasteiger partial charge in [0.1, 0.15) is 0 Å². The van der Waals surface area contributed by atoms with Crippen LogP contribution in [0.3, 0.4) is 0 Å². The highest BCUT2D eigenvalue weighted by atomic mass is 16.5. The molecule has 106 valence electrons. The van der Waals surface area contributed by atoms with Crippen LogP contribution in [0.4, 0.5) is 0 Å². The molecule has 0 radical (unpaired) electrons. The van der Waals surface area contributed by atoms with E-state index in [0.29, 0.717) is 6.04 Å². The van der Waals surface area contributed by atoms with Crippen LogP contribution in [0.5, 0.6) is 0 Å². The fraction of sp³-hybridized carbons (Fsp3) is 0.467. The maximum Gasteiger partial charge on any atom is 0.0898 e. The summed E-state index contributed by atoms with van der Waals surface area (Å²) in [6.45, 7) is 5.70. The van der Waals surface area contributed by atoms with Crippen LogP contribution in [0.1, 0.15) is 18.5 Å². The molecule has 0 bridgehead atoms. The van der Waals surface area contributed by atoms with Crippen molar-refractivity contribution in [2.45, 2.75) is 25.6 Å². The monoisotopic (exact) mass is 272 g/mol. The van der Waals surface area contributed by atoms with Crippen molar-refractivity contribution in [3.63, 3.8) is 0 Å². The van der Waals surface area contributed by atoms with E-state index >= 15 is 0 Å². The highest BCUT2D eigenvalue weighted by molar-refractivity contribution is 5.13. The third kappa shape index (κ3) is 3.05. The zero-order valence-electron chi connectivity index (χ0n) is 11.7. The number of nitrogens with zero attached hydrogens (tertiary/aromatic N) is 4. The van der Waals surface area contributed by atoms with Crippen molar-refractivity contribution in [2.24, 2.45) is 0 Å². The molecule has 1 aliphatic heterocycles. The van der Waals surface area contributed by atoms with Crippen LogP contribution in [0.2, 0.25) is 0 Å². The highest BCUT2D eigenvalue weighted by Gasteiger charge is 2.25. The molecule has 2 aromatic rings. The van der Waals surface area contributed by atoms with Gasteiger partial charge in [0.05, 0.1) is 19.3 Å². The van der Waals surface area contributed by atoms with Gasteiger partial charge in [-0.15, -0.1) is 0 Å². The minimum Gasteiger partial charge on any atom is -0.374 e. The van der Waals surface area contributed by atoms with Gasteiger partial charge >= 0.3 is 0 Å². The molecular formula is C15H20N4O. The standard InChI is InChI=1S/C15H20N4O/c1-13(14-4-2-5-16-10-14)18-8-9-20-15(11-18)12-19-7-3-6-17-19/h2-7,10,13,15H,8-9,11-12H2,1H3/t13-,15+/m0/s1. The lowest BCUT2D eigenvalue weighted by Crippen LogP contribution is -2.45. The summed E-state index contributed by atoms with van der Waals surface area (Å²) in [5.74, 6) is 0. The molecule has 1 fully saturated rings. The fourth-order valence-corrected chi connectivity index (χ4v) is 2.66. The van der Waals surface area contributed by atoms with Gasteiger partial charge in [-0.25, -0.2) is 0 Å². The smallest absolute Gasteiger partial charge is 0.0898 e. The van der Waals surface area contributed by atoms with Gasteiger partial charge in [0, 0.05) is 43.9 Å². The summed E-state index contributed by atoms with van der Waals surface area (Å²) in [5.41, 5.74) is 1.26. The first-order chi connectivity index (χ1) is 9.83. The predicted molar refractivity (Wildman–Crippen MR) is 76.2 cm³/mol. The molecule has 0 amide bonds. The van der Waals surface area contributed by atoms with Gasteiger partial charge < -0.3 is 4.74 Å². The number of hydrogen-bond acceptors (Lipinski definition) is 4. The summed E-state index contributed by atoms with van der Waals surface area (Å²) >= 11 is 0. The fourth-order valence-electron chi connectivity index (χ4n) is 2.66. The summed E-state index contributed by atoms with van der Waals surface area (Å²) in [6, 6.07) is 6.44. The average molecular weight is 272 g/mol. The molecule has 0 saturated carbocycles. The minimum atomic E-state index is 0.197. The van der Waals surface area contributed by atoms with Crippen molar-refractivity contribution >= 4 is 0 Å². The van der Waals surface area contributed by atoms with Crippen LogP contribution in [0.15, 0.2) is 43.0 Å². The van der Waals surface area contributed by atoms with E-state index in [1.165, 1.54) is 5.56 Å². The molecule has 3 heterocycles. The van der Waals surface area contributed by atoms with Gasteiger partial charge in [0.15, 0.2) is 0 Å². The van der Waals surface area contributed by atoms with Crippen molar-refractivity contribution in [1.82, 2.24) is 19.7 Å². The van der Waals surface area contributed by atoms with Gasteiger partial charge in [-0.05, 0) is 24.6 Å². The number of aromatic nitrogens is 3. The Hall–Kier alpha value is -1.72. The third-order valence-electron chi connectivity index (χ3n) is 3.83. The molecule has 2 atom stereocenters. The second kappa shape index (κ2) is 6.15. The van der Waals surface area contributed by atoms with Crippen LogP contribution in [-0.4, -0.2) is 45.5 Å². The van der Waals surface area contributed by atoms with Crippen LogP contribution in [0.25, 0.3) is 0 Å². The molecule has 5 nitrogen and oxygen atoms in total. The van der Waals surface area contributed by atoms with Crippen molar-refractivity contribution in [3.8, 4) is 0 Å². The lowest BCUT2D eigenvalue weighted by atomic mass is 10.1. The molecule has 3 rings (SSSR count). The molecule has 0 aliphatic carbocycles. The van der Waals surface area contributed by atoms with Gasteiger partial charge in [-0.2, -0.15) is 5.10 Å². The molecule has 0 spiro atoms. The van der Waals surface area contributed by atoms with Crippen molar-refractivity contribution in [2.75, 3.05) is 19.7 Å². The molecule has 0 aromatic carbocycles. The normalized spacial score (nSPS) is 21.8. The van der Waals surface area contributed by atoms with Crippen LogP contribution >= 0.6 is 0 Å². The minimum absolute atomic E-state index is 0.197. The molecule has 0 N–H and O–H groups in total. The van der Waals surface area contributed by atoms with E-state index in [-0.39, 0.29) is 6.10 Å². The Morgan fingerprint density at radius 1 is 1.40 bits per heavy atom. The predicted octanol–water partition coefficient (Wildman–Crippen LogP) is 1.74. The molecule has 20 heavy (non-hydrogen) atoms. The number of rotatable bonds is 4. The SMILES string of the molecule is C[C@@H](c1cccnc1)N1CCO[C@@H](Cn2cccn2)C1. The van der Waals surface area contributed by atoms with Gasteiger partial charge in [0.25, 0.3) is 0 Å². The molecule has 2 aromatic heterocycles. The summed E-state index contributed by atoms with van der Waals surface area (Å²) in [4.78, 5) is 6.66. The topological polar surface area (TPSA) is 43.2 Å². The molecule has 0 unspecified atom stereocenters. The lowest BCUT2D eigenvalue weighted by Gasteiger charge is -2.36. The highest BCUT2D eigenvalue weighted by Crippen LogP contribution is 2.22. The first kappa shape index (κ1) is 13.3. The lowest BCUT2D eigenvalue weighted by molar-refractivity contribution is -0.0497. The Kier molecular flexibility index (Phi) is 4.08. The average Bonchev–Trinajstić information content (AvgIpc) is 3.01. The van der Waals surface area contributed by atoms with Crippen molar-refractivity contribution < 1.29 is 4.74 Å². The van der Waals surface area contributed by atoms with Gasteiger partial charge in [-0.1, -0.05) is 6.07 Å². The van der Waals surface area contributed by atoms with Crippen molar-refractivity contribution in [3.05, 3.63) is 48.5 Å².